The molecule has 0 aromatic carbocycles. The molecule has 2 amide bonds. The second kappa shape index (κ2) is 11.2. The van der Waals surface area contributed by atoms with Gasteiger partial charge >= 0.3 is 6.03 Å². The van der Waals surface area contributed by atoms with Crippen LogP contribution in [0, 0.1) is 6.92 Å². The quantitative estimate of drug-likeness (QED) is 0.241. The van der Waals surface area contributed by atoms with E-state index in [1.165, 1.54) is 4.90 Å². The van der Waals surface area contributed by atoms with E-state index in [0.717, 1.165) is 36.5 Å². The molecule has 31 heavy (non-hydrogen) atoms. The van der Waals surface area contributed by atoms with Crippen LogP contribution in [0.5, 0.6) is 0 Å². The minimum Gasteiger partial charge on any atom is -0.357 e. The van der Waals surface area contributed by atoms with Gasteiger partial charge in [0.1, 0.15) is 17.5 Å². The Morgan fingerprint density at radius 2 is 2.00 bits per heavy atom. The summed E-state index contributed by atoms with van der Waals surface area (Å²) in [6.45, 7) is 15.1. The van der Waals surface area contributed by atoms with Crippen LogP contribution in [0.25, 0.3) is 0 Å². The number of halogens is 2. The van der Waals surface area contributed by atoms with Gasteiger partial charge in [0, 0.05) is 25.2 Å². The van der Waals surface area contributed by atoms with Crippen molar-refractivity contribution in [3.8, 4) is 0 Å². The Balaban J connectivity index is 2.55. The van der Waals surface area contributed by atoms with E-state index in [1.807, 2.05) is 33.8 Å². The van der Waals surface area contributed by atoms with E-state index in [2.05, 4.69) is 41.0 Å². The van der Waals surface area contributed by atoms with E-state index in [-0.39, 0.29) is 12.0 Å². The molecule has 174 valence electrons. The number of aromatic nitrogens is 1. The number of aliphatic imine (C=N–C) groups is 1. The van der Waals surface area contributed by atoms with Crippen LogP contribution in [0.1, 0.15) is 78.0 Å². The summed E-state index contributed by atoms with van der Waals surface area (Å²) in [7, 11) is 0. The number of amides is 2. The Labute approximate surface area is 191 Å². The Bertz CT molecular complexity index is 787. The summed E-state index contributed by atoms with van der Waals surface area (Å²) in [5.41, 5.74) is 1.36. The van der Waals surface area contributed by atoms with E-state index in [9.17, 15) is 9.18 Å². The smallest absolute Gasteiger partial charge is 0.351 e. The van der Waals surface area contributed by atoms with E-state index < -0.39 is 23.9 Å². The van der Waals surface area contributed by atoms with Gasteiger partial charge in [-0.05, 0) is 44.2 Å². The number of pyridine rings is 1. The number of nitrogens with one attached hydrogen (secondary N) is 1. The number of urea groups is 1. The Kier molecular flexibility index (Phi) is 9.25. The molecule has 4 atom stereocenters. The molecule has 2 rings (SSSR count). The Morgan fingerprint density at radius 3 is 2.48 bits per heavy atom. The molecule has 0 spiro atoms. The lowest BCUT2D eigenvalue weighted by Crippen LogP contribution is -2.69. The fraction of sp³-hybridized carbons (Fsp3) is 0.696. The Hall–Kier alpha value is -1.73. The van der Waals surface area contributed by atoms with Gasteiger partial charge in [0.25, 0.3) is 0 Å². The summed E-state index contributed by atoms with van der Waals surface area (Å²) in [5.74, 6) is 0.775. The maximum atomic E-state index is 14.7. The molecule has 1 saturated heterocycles. The summed E-state index contributed by atoms with van der Waals surface area (Å²) in [5, 5.41) is 2.93. The first kappa shape index (κ1) is 25.5. The molecule has 0 aliphatic carbocycles. The largest absolute Gasteiger partial charge is 0.357 e. The predicted octanol–water partition coefficient (Wildman–Crippen LogP) is 5.59. The van der Waals surface area contributed by atoms with E-state index in [4.69, 9.17) is 11.6 Å². The molecule has 0 radical (unpaired) electrons. The monoisotopic (exact) mass is 453 g/mol. The molecule has 1 aromatic heterocycles. The zero-order valence-corrected chi connectivity index (χ0v) is 20.6. The highest BCUT2D eigenvalue weighted by molar-refractivity contribution is 6.21. The van der Waals surface area contributed by atoms with E-state index in [1.54, 1.807) is 6.20 Å². The third kappa shape index (κ3) is 5.55. The molecule has 1 N–H and O–H groups in total. The standard InChI is InChI=1S/C23H37ClFN5O/c1-8-13-29(16(7)9-2)17(10-3)27-23(31)30(22-18(25)21(24)28-22)20-15(6)11-12-26-19(20)14(4)5/h11-12,14,16,18,21-22,28H,8-10,13H2,1-7H3/t16-,18?,21?,22-/m0/s1. The minimum atomic E-state index is -1.40. The molecular weight excluding hydrogens is 417 g/mol. The highest BCUT2D eigenvalue weighted by Gasteiger charge is 2.47. The number of hydrogen-bond donors (Lipinski definition) is 1. The van der Waals surface area contributed by atoms with Crippen LogP contribution >= 0.6 is 11.6 Å². The zero-order chi connectivity index (χ0) is 23.3. The first-order valence-corrected chi connectivity index (χ1v) is 11.8. The van der Waals surface area contributed by atoms with Crippen molar-refractivity contribution in [1.29, 1.82) is 0 Å². The third-order valence-electron chi connectivity index (χ3n) is 5.80. The van der Waals surface area contributed by atoms with Crippen molar-refractivity contribution in [2.75, 3.05) is 11.4 Å². The average Bonchev–Trinajstić information content (AvgIpc) is 2.75. The number of alkyl halides is 2. The van der Waals surface area contributed by atoms with Crippen molar-refractivity contribution >= 4 is 29.2 Å². The number of hydrogen-bond acceptors (Lipinski definition) is 3. The molecule has 0 saturated carbocycles. The first-order valence-electron chi connectivity index (χ1n) is 11.3. The number of nitrogens with zero attached hydrogens (tertiary/aromatic N) is 4. The highest BCUT2D eigenvalue weighted by atomic mass is 35.5. The van der Waals surface area contributed by atoms with Gasteiger partial charge in [-0.1, -0.05) is 34.6 Å². The lowest BCUT2D eigenvalue weighted by molar-refractivity contribution is 0.132. The molecule has 1 aromatic rings. The summed E-state index contributed by atoms with van der Waals surface area (Å²) in [6.07, 6.45) is 1.95. The number of aryl methyl sites for hydroxylation is 1. The molecule has 0 bridgehead atoms. The third-order valence-corrected chi connectivity index (χ3v) is 6.16. The molecule has 8 heteroatoms. The van der Waals surface area contributed by atoms with Crippen molar-refractivity contribution in [2.45, 2.75) is 97.5 Å². The van der Waals surface area contributed by atoms with Gasteiger partial charge in [-0.25, -0.2) is 9.18 Å². The number of carbonyl (C=O) groups excluding carboxylic acids is 1. The van der Waals surface area contributed by atoms with Crippen molar-refractivity contribution in [2.24, 2.45) is 4.99 Å². The van der Waals surface area contributed by atoms with Gasteiger partial charge in [-0.2, -0.15) is 4.99 Å². The predicted molar refractivity (Wildman–Crippen MR) is 127 cm³/mol. The second-order valence-electron chi connectivity index (χ2n) is 8.46. The van der Waals surface area contributed by atoms with Crippen molar-refractivity contribution in [1.82, 2.24) is 15.2 Å². The van der Waals surface area contributed by atoms with Gasteiger partial charge < -0.3 is 4.90 Å². The molecular formula is C23H37ClFN5O. The van der Waals surface area contributed by atoms with Gasteiger partial charge in [0.05, 0.1) is 11.4 Å². The Morgan fingerprint density at radius 1 is 1.32 bits per heavy atom. The number of carbonyl (C=O) groups is 1. The van der Waals surface area contributed by atoms with E-state index >= 15 is 0 Å². The maximum Gasteiger partial charge on any atom is 0.351 e. The summed E-state index contributed by atoms with van der Waals surface area (Å²) in [6, 6.07) is 1.59. The van der Waals surface area contributed by atoms with Crippen LogP contribution in [-0.2, 0) is 0 Å². The van der Waals surface area contributed by atoms with Gasteiger partial charge in [-0.3, -0.25) is 15.2 Å². The van der Waals surface area contributed by atoms with Crippen molar-refractivity contribution in [3.63, 3.8) is 0 Å². The van der Waals surface area contributed by atoms with Gasteiger partial charge in [0.15, 0.2) is 6.17 Å². The van der Waals surface area contributed by atoms with Crippen LogP contribution in [0.2, 0.25) is 0 Å². The van der Waals surface area contributed by atoms with Crippen LogP contribution < -0.4 is 10.2 Å². The summed E-state index contributed by atoms with van der Waals surface area (Å²) >= 11 is 5.97. The molecule has 6 nitrogen and oxygen atoms in total. The zero-order valence-electron chi connectivity index (χ0n) is 19.8. The lowest BCUT2D eigenvalue weighted by atomic mass is 10.0. The van der Waals surface area contributed by atoms with E-state index in [0.29, 0.717) is 12.1 Å². The number of rotatable bonds is 8. The SMILES string of the molecule is CCCN(C(CC)=NC(=O)N(c1c(C)ccnc1C(C)C)[C@@H]1NC(Cl)C1F)[C@@H](C)CC. The fourth-order valence-corrected chi connectivity index (χ4v) is 4.11. The van der Waals surface area contributed by atoms with Crippen molar-refractivity contribution < 1.29 is 9.18 Å². The van der Waals surface area contributed by atoms with Gasteiger partial charge in [0.2, 0.25) is 0 Å². The molecule has 1 aliphatic rings. The molecule has 1 fully saturated rings. The fourth-order valence-electron chi connectivity index (χ4n) is 3.84. The van der Waals surface area contributed by atoms with Crippen LogP contribution in [0.3, 0.4) is 0 Å². The topological polar surface area (TPSA) is 60.8 Å². The number of amidine groups is 1. The first-order chi connectivity index (χ1) is 14.7. The van der Waals surface area contributed by atoms with Crippen LogP contribution in [0.4, 0.5) is 14.9 Å². The molecule has 2 heterocycles. The van der Waals surface area contributed by atoms with Crippen LogP contribution in [-0.4, -0.2) is 52.2 Å². The maximum absolute atomic E-state index is 14.7. The highest BCUT2D eigenvalue weighted by Crippen LogP contribution is 2.35. The number of anilines is 1. The molecule has 1 aliphatic heterocycles. The second-order valence-corrected chi connectivity index (χ2v) is 8.93. The average molecular weight is 454 g/mol. The normalized spacial score (nSPS) is 22.3. The summed E-state index contributed by atoms with van der Waals surface area (Å²) in [4.78, 5) is 26.2. The van der Waals surface area contributed by atoms with Crippen LogP contribution in [0.15, 0.2) is 17.3 Å². The summed E-state index contributed by atoms with van der Waals surface area (Å²) < 4.78 is 14.7. The van der Waals surface area contributed by atoms with Gasteiger partial charge in [-0.15, -0.1) is 11.6 Å². The molecule has 2 unspecified atom stereocenters. The minimum absolute atomic E-state index is 0.0569. The lowest BCUT2D eigenvalue weighted by Gasteiger charge is -2.44. The van der Waals surface area contributed by atoms with Crippen molar-refractivity contribution in [3.05, 3.63) is 23.5 Å².